The first kappa shape index (κ1) is 23.2. The van der Waals surface area contributed by atoms with Crippen LogP contribution in [0.2, 0.25) is 0 Å². The van der Waals surface area contributed by atoms with E-state index in [0.717, 1.165) is 17.0 Å². The number of aromatic nitrogens is 1. The third-order valence-corrected chi connectivity index (χ3v) is 6.57. The number of alkyl halides is 3. The molecule has 3 amide bonds. The molecule has 1 saturated heterocycles. The highest BCUT2D eigenvalue weighted by molar-refractivity contribution is 7.92. The fraction of sp³-hybridized carbons (Fsp3) is 0.263. The smallest absolute Gasteiger partial charge is 0.384 e. The van der Waals surface area contributed by atoms with Crippen LogP contribution in [0, 0.1) is 5.41 Å². The van der Waals surface area contributed by atoms with Gasteiger partial charge in [-0.1, -0.05) is 0 Å². The number of halogens is 3. The van der Waals surface area contributed by atoms with Crippen LogP contribution in [0.15, 0.2) is 47.6 Å². The van der Waals surface area contributed by atoms with E-state index in [0.29, 0.717) is 17.7 Å². The van der Waals surface area contributed by atoms with Crippen molar-refractivity contribution >= 4 is 33.3 Å². The molecule has 1 fully saturated rings. The van der Waals surface area contributed by atoms with Crippen molar-refractivity contribution < 1.29 is 31.2 Å². The van der Waals surface area contributed by atoms with Crippen LogP contribution in [-0.4, -0.2) is 47.1 Å². The predicted octanol–water partition coefficient (Wildman–Crippen LogP) is 2.41. The van der Waals surface area contributed by atoms with E-state index in [-0.39, 0.29) is 23.6 Å². The van der Waals surface area contributed by atoms with Crippen molar-refractivity contribution in [1.29, 1.82) is 5.41 Å². The summed E-state index contributed by atoms with van der Waals surface area (Å²) in [6.07, 6.45) is 2.79. The first-order valence-electron chi connectivity index (χ1n) is 9.04. The molecule has 0 bridgehead atoms. The number of carbonyl (C=O) groups is 2. The number of rotatable bonds is 5. The van der Waals surface area contributed by atoms with Gasteiger partial charge in [0.25, 0.3) is 15.7 Å². The Morgan fingerprint density at radius 2 is 1.75 bits per heavy atom. The van der Waals surface area contributed by atoms with Crippen molar-refractivity contribution in [2.75, 3.05) is 4.90 Å². The number of nitrogens with zero attached hydrogens (tertiary/aromatic N) is 3. The molecule has 1 aromatic heterocycles. The first-order chi connectivity index (χ1) is 14.7. The van der Waals surface area contributed by atoms with Crippen LogP contribution in [0.3, 0.4) is 0 Å². The number of hydrogen-bond donors (Lipinski definition) is 2. The van der Waals surface area contributed by atoms with Gasteiger partial charge in [-0.15, -0.1) is 0 Å². The summed E-state index contributed by atoms with van der Waals surface area (Å²) in [6.45, 7) is 2.89. The van der Waals surface area contributed by atoms with Gasteiger partial charge in [0.2, 0.25) is 0 Å². The van der Waals surface area contributed by atoms with E-state index in [4.69, 9.17) is 11.1 Å². The Bertz CT molecular complexity index is 1210. The average molecular weight is 469 g/mol. The minimum absolute atomic E-state index is 0.0850. The van der Waals surface area contributed by atoms with Crippen molar-refractivity contribution in [3.63, 3.8) is 0 Å². The van der Waals surface area contributed by atoms with Crippen molar-refractivity contribution in [3.05, 3.63) is 53.9 Å². The molecule has 0 saturated carbocycles. The molecule has 0 unspecified atom stereocenters. The van der Waals surface area contributed by atoms with Crippen LogP contribution in [0.5, 0.6) is 0 Å². The van der Waals surface area contributed by atoms with Crippen LogP contribution in [0.1, 0.15) is 25.0 Å². The van der Waals surface area contributed by atoms with Gasteiger partial charge in [0.1, 0.15) is 11.4 Å². The zero-order valence-electron chi connectivity index (χ0n) is 16.8. The second-order valence-electron chi connectivity index (χ2n) is 7.46. The molecular formula is C19H18F3N5O4S. The van der Waals surface area contributed by atoms with E-state index in [1.54, 1.807) is 6.07 Å². The maximum Gasteiger partial charge on any atom is 0.501 e. The van der Waals surface area contributed by atoms with Crippen LogP contribution in [0.4, 0.5) is 23.7 Å². The average Bonchev–Trinajstić information content (AvgIpc) is 2.87. The Kier molecular flexibility index (Phi) is 5.50. The van der Waals surface area contributed by atoms with Gasteiger partial charge in [0, 0.05) is 24.5 Å². The molecule has 3 N–H and O–H groups in total. The lowest BCUT2D eigenvalue weighted by atomic mass is 10.0. The third kappa shape index (κ3) is 3.68. The molecule has 0 atom stereocenters. The highest BCUT2D eigenvalue weighted by Gasteiger charge is 2.52. The van der Waals surface area contributed by atoms with Gasteiger partial charge in [-0.3, -0.25) is 15.2 Å². The Morgan fingerprint density at radius 1 is 1.16 bits per heavy atom. The van der Waals surface area contributed by atoms with Crippen molar-refractivity contribution in [2.24, 2.45) is 5.73 Å². The molecule has 1 aromatic carbocycles. The zero-order valence-corrected chi connectivity index (χ0v) is 17.7. The summed E-state index contributed by atoms with van der Waals surface area (Å²) in [5.74, 6) is -0.936. The Hall–Kier alpha value is -3.48. The molecule has 2 heterocycles. The molecule has 0 aliphatic carbocycles. The van der Waals surface area contributed by atoms with Crippen LogP contribution < -0.4 is 10.6 Å². The van der Waals surface area contributed by atoms with Crippen LogP contribution >= 0.6 is 0 Å². The second-order valence-corrected chi connectivity index (χ2v) is 9.40. The summed E-state index contributed by atoms with van der Waals surface area (Å²) in [4.78, 5) is 30.9. The van der Waals surface area contributed by atoms with Gasteiger partial charge in [-0.2, -0.15) is 13.2 Å². The number of nitrogen functional groups attached to an aromatic ring is 1. The normalized spacial score (nSPS) is 16.5. The quantitative estimate of drug-likeness (QED) is 0.392. The molecule has 0 radical (unpaired) electrons. The summed E-state index contributed by atoms with van der Waals surface area (Å²) < 4.78 is 61.4. The molecule has 13 heteroatoms. The fourth-order valence-corrected chi connectivity index (χ4v) is 3.97. The number of urea groups is 1. The maximum atomic E-state index is 13.1. The largest absolute Gasteiger partial charge is 0.501 e. The number of nitrogens with one attached hydrogen (secondary N) is 1. The molecule has 0 spiro atoms. The lowest BCUT2D eigenvalue weighted by Crippen LogP contribution is -2.44. The van der Waals surface area contributed by atoms with E-state index in [9.17, 15) is 31.2 Å². The number of sulfone groups is 1. The molecule has 3 rings (SSSR count). The number of carbonyl (C=O) groups excluding carboxylic acids is 2. The summed E-state index contributed by atoms with van der Waals surface area (Å²) in [5, 5.41) is 7.66. The lowest BCUT2D eigenvalue weighted by molar-refractivity contribution is -0.123. The number of hydrogen-bond acceptors (Lipinski definition) is 6. The maximum absolute atomic E-state index is 13.1. The number of pyridine rings is 1. The summed E-state index contributed by atoms with van der Waals surface area (Å²) in [5.41, 5.74) is -0.609. The molecular weight excluding hydrogens is 451 g/mol. The molecule has 1 aliphatic rings. The molecule has 1 aliphatic heterocycles. The number of anilines is 1. The Labute approximate surface area is 181 Å². The van der Waals surface area contributed by atoms with Gasteiger partial charge in [0.15, 0.2) is 0 Å². The zero-order chi connectivity index (χ0) is 24.1. The molecule has 2 aromatic rings. The van der Waals surface area contributed by atoms with Crippen molar-refractivity contribution in [3.8, 4) is 0 Å². The van der Waals surface area contributed by atoms with Gasteiger partial charge in [0.05, 0.1) is 10.6 Å². The number of amides is 3. The van der Waals surface area contributed by atoms with Crippen molar-refractivity contribution in [2.45, 2.75) is 36.3 Å². The van der Waals surface area contributed by atoms with E-state index >= 15 is 0 Å². The number of benzene rings is 1. The standard InChI is InChI=1S/C19H18F3N5O4S/c1-18(2)16(28)27(12-3-5-13(6-4-12)32(30,31)19(20,21)22)17(29)26(18)10-11-7-8-25-9-14(11)15(23)24/h3-9H,10H2,1-2H3,(H3,23,24). The van der Waals surface area contributed by atoms with Crippen LogP contribution in [-0.2, 0) is 21.2 Å². The third-order valence-electron chi connectivity index (χ3n) is 5.06. The second kappa shape index (κ2) is 7.58. The SMILES string of the molecule is CC1(C)C(=O)N(c2ccc(S(=O)(=O)C(F)(F)F)cc2)C(=O)N1Cc1ccncc1C(=N)N. The number of imide groups is 1. The molecule has 32 heavy (non-hydrogen) atoms. The monoisotopic (exact) mass is 469 g/mol. The Morgan fingerprint density at radius 3 is 2.28 bits per heavy atom. The summed E-state index contributed by atoms with van der Waals surface area (Å²) in [7, 11) is -5.57. The van der Waals surface area contributed by atoms with E-state index < -0.39 is 37.7 Å². The summed E-state index contributed by atoms with van der Waals surface area (Å²) in [6, 6.07) is 4.07. The van der Waals surface area contributed by atoms with E-state index in [1.807, 2.05) is 0 Å². The molecule has 170 valence electrons. The van der Waals surface area contributed by atoms with Gasteiger partial charge in [-0.05, 0) is 49.7 Å². The van der Waals surface area contributed by atoms with Crippen molar-refractivity contribution in [1.82, 2.24) is 9.88 Å². The van der Waals surface area contributed by atoms with Crippen LogP contribution in [0.25, 0.3) is 0 Å². The van der Waals surface area contributed by atoms with Gasteiger partial charge in [-0.25, -0.2) is 18.1 Å². The highest BCUT2D eigenvalue weighted by atomic mass is 32.2. The predicted molar refractivity (Wildman–Crippen MR) is 107 cm³/mol. The lowest BCUT2D eigenvalue weighted by Gasteiger charge is -2.28. The summed E-state index contributed by atoms with van der Waals surface area (Å²) >= 11 is 0. The minimum atomic E-state index is -5.57. The van der Waals surface area contributed by atoms with Gasteiger partial charge < -0.3 is 10.6 Å². The number of nitrogens with two attached hydrogens (primary N) is 1. The highest BCUT2D eigenvalue weighted by Crippen LogP contribution is 2.35. The topological polar surface area (TPSA) is 138 Å². The number of amidine groups is 1. The van der Waals surface area contributed by atoms with Gasteiger partial charge >= 0.3 is 11.5 Å². The van der Waals surface area contributed by atoms with E-state index in [1.165, 1.54) is 31.1 Å². The Balaban J connectivity index is 1.96. The minimum Gasteiger partial charge on any atom is -0.384 e. The first-order valence-corrected chi connectivity index (χ1v) is 10.5. The fourth-order valence-electron chi connectivity index (χ4n) is 3.21. The molecule has 9 nitrogen and oxygen atoms in total. The van der Waals surface area contributed by atoms with E-state index in [2.05, 4.69) is 4.98 Å².